The number of benzene rings is 2. The maximum Gasteiger partial charge on any atom is 0.231 e. The van der Waals surface area contributed by atoms with Crippen molar-refractivity contribution in [3.63, 3.8) is 0 Å². The van der Waals surface area contributed by atoms with Crippen molar-refractivity contribution < 1.29 is 23.6 Å². The fourth-order valence-electron chi connectivity index (χ4n) is 5.08. The van der Waals surface area contributed by atoms with Crippen LogP contribution in [-0.4, -0.2) is 32.2 Å². The van der Waals surface area contributed by atoms with Crippen LogP contribution in [0.15, 0.2) is 24.3 Å². The standard InChI is InChI=1S/C21H23NO5/c1-12-14-4-5-17(24-2)21(25-3)16(14)10-22(23)7-6-13-8-18-19(27-11-26-18)9-15(13)20(12)22/h4-5,8-9,12,20H,6-7,10-11H2,1-3H3/t12-,20+,22?/m1/s1. The average molecular weight is 369 g/mol. The van der Waals surface area contributed by atoms with E-state index in [1.54, 1.807) is 14.2 Å². The molecular weight excluding hydrogens is 346 g/mol. The highest BCUT2D eigenvalue weighted by Gasteiger charge is 2.46. The van der Waals surface area contributed by atoms with Gasteiger partial charge in [-0.25, -0.2) is 0 Å². The minimum Gasteiger partial charge on any atom is -0.632 e. The molecule has 0 aromatic heterocycles. The lowest BCUT2D eigenvalue weighted by atomic mass is 9.76. The summed E-state index contributed by atoms with van der Waals surface area (Å²) < 4.78 is 21.9. The Morgan fingerprint density at radius 3 is 2.59 bits per heavy atom. The maximum atomic E-state index is 14.0. The van der Waals surface area contributed by atoms with Crippen LogP contribution in [0, 0.1) is 5.21 Å². The molecule has 142 valence electrons. The molecule has 3 heterocycles. The first-order chi connectivity index (χ1) is 13.1. The second kappa shape index (κ2) is 5.78. The molecule has 0 saturated carbocycles. The van der Waals surface area contributed by atoms with Gasteiger partial charge in [0.15, 0.2) is 23.0 Å². The minimum absolute atomic E-state index is 0.0606. The van der Waals surface area contributed by atoms with Crippen LogP contribution in [0.4, 0.5) is 0 Å². The van der Waals surface area contributed by atoms with E-state index in [1.807, 2.05) is 12.1 Å². The summed E-state index contributed by atoms with van der Waals surface area (Å²) in [4.78, 5) is 0. The molecule has 27 heavy (non-hydrogen) atoms. The van der Waals surface area contributed by atoms with Crippen molar-refractivity contribution in [1.82, 2.24) is 0 Å². The summed E-state index contributed by atoms with van der Waals surface area (Å²) in [6, 6.07) is 7.93. The largest absolute Gasteiger partial charge is 0.632 e. The molecule has 2 aromatic rings. The first-order valence-corrected chi connectivity index (χ1v) is 9.29. The Morgan fingerprint density at radius 2 is 1.85 bits per heavy atom. The van der Waals surface area contributed by atoms with Gasteiger partial charge in [-0.2, -0.15) is 0 Å². The van der Waals surface area contributed by atoms with E-state index in [1.165, 1.54) is 5.56 Å². The molecule has 3 atom stereocenters. The monoisotopic (exact) mass is 369 g/mol. The highest BCUT2D eigenvalue weighted by molar-refractivity contribution is 5.55. The summed E-state index contributed by atoms with van der Waals surface area (Å²) in [5, 5.41) is 14.0. The highest BCUT2D eigenvalue weighted by Crippen LogP contribution is 2.54. The van der Waals surface area contributed by atoms with E-state index < -0.39 is 0 Å². The number of nitrogens with zero attached hydrogens (tertiary/aromatic N) is 1. The van der Waals surface area contributed by atoms with Gasteiger partial charge >= 0.3 is 0 Å². The van der Waals surface area contributed by atoms with Gasteiger partial charge in [-0.05, 0) is 29.3 Å². The molecule has 1 unspecified atom stereocenters. The van der Waals surface area contributed by atoms with Gasteiger partial charge in [-0.3, -0.25) is 0 Å². The fourth-order valence-corrected chi connectivity index (χ4v) is 5.08. The van der Waals surface area contributed by atoms with E-state index in [-0.39, 0.29) is 23.4 Å². The van der Waals surface area contributed by atoms with Gasteiger partial charge in [-0.15, -0.1) is 0 Å². The molecule has 2 aromatic carbocycles. The van der Waals surface area contributed by atoms with E-state index in [4.69, 9.17) is 18.9 Å². The maximum absolute atomic E-state index is 14.0. The van der Waals surface area contributed by atoms with Crippen LogP contribution in [0.5, 0.6) is 23.0 Å². The van der Waals surface area contributed by atoms with Crippen LogP contribution in [0.2, 0.25) is 0 Å². The molecule has 3 aliphatic rings. The van der Waals surface area contributed by atoms with Gasteiger partial charge in [0.25, 0.3) is 0 Å². The lowest BCUT2D eigenvalue weighted by Gasteiger charge is -2.56. The summed E-state index contributed by atoms with van der Waals surface area (Å²) in [5.41, 5.74) is 4.42. The third-order valence-electron chi connectivity index (χ3n) is 6.29. The van der Waals surface area contributed by atoms with Crippen LogP contribution < -0.4 is 18.9 Å². The van der Waals surface area contributed by atoms with Gasteiger partial charge < -0.3 is 28.8 Å². The summed E-state index contributed by atoms with van der Waals surface area (Å²) in [6.07, 6.45) is 0.736. The first-order valence-electron chi connectivity index (χ1n) is 9.29. The van der Waals surface area contributed by atoms with E-state index in [9.17, 15) is 5.21 Å². The van der Waals surface area contributed by atoms with Crippen LogP contribution in [0.1, 0.15) is 41.1 Å². The number of quaternary nitrogens is 1. The van der Waals surface area contributed by atoms with Crippen molar-refractivity contribution >= 4 is 0 Å². The third kappa shape index (κ3) is 2.26. The summed E-state index contributed by atoms with van der Waals surface area (Å²) in [7, 11) is 3.26. The zero-order chi connectivity index (χ0) is 18.8. The van der Waals surface area contributed by atoms with Crippen LogP contribution in [0.3, 0.4) is 0 Å². The van der Waals surface area contributed by atoms with Crippen molar-refractivity contribution in [1.29, 1.82) is 0 Å². The van der Waals surface area contributed by atoms with Gasteiger partial charge in [0.2, 0.25) is 6.79 Å². The summed E-state index contributed by atoms with van der Waals surface area (Å²) in [5.74, 6) is 2.95. The van der Waals surface area contributed by atoms with Crippen LogP contribution >= 0.6 is 0 Å². The molecule has 0 fully saturated rings. The molecule has 0 saturated heterocycles. The van der Waals surface area contributed by atoms with Crippen LogP contribution in [-0.2, 0) is 13.0 Å². The van der Waals surface area contributed by atoms with Crippen molar-refractivity contribution in [2.75, 3.05) is 27.6 Å². The van der Waals surface area contributed by atoms with Crippen LogP contribution in [0.25, 0.3) is 0 Å². The quantitative estimate of drug-likeness (QED) is 0.597. The minimum atomic E-state index is -0.273. The third-order valence-corrected chi connectivity index (χ3v) is 6.29. The van der Waals surface area contributed by atoms with Crippen molar-refractivity contribution in [3.8, 4) is 23.0 Å². The number of hydrogen-bond acceptors (Lipinski definition) is 5. The number of methoxy groups -OCH3 is 2. The van der Waals surface area contributed by atoms with Gasteiger partial charge in [0, 0.05) is 17.9 Å². The Morgan fingerprint density at radius 1 is 1.07 bits per heavy atom. The molecule has 3 aliphatic heterocycles. The van der Waals surface area contributed by atoms with E-state index >= 15 is 0 Å². The second-order valence-corrected chi connectivity index (χ2v) is 7.59. The first kappa shape index (κ1) is 16.7. The second-order valence-electron chi connectivity index (χ2n) is 7.59. The summed E-state index contributed by atoms with van der Waals surface area (Å²) >= 11 is 0. The van der Waals surface area contributed by atoms with Gasteiger partial charge in [0.1, 0.15) is 12.6 Å². The fraction of sp³-hybridized carbons (Fsp3) is 0.429. The zero-order valence-corrected chi connectivity index (χ0v) is 15.8. The van der Waals surface area contributed by atoms with Crippen molar-refractivity contribution in [2.45, 2.75) is 31.8 Å². The Balaban J connectivity index is 1.67. The predicted octanol–water partition coefficient (Wildman–Crippen LogP) is 3.66. The van der Waals surface area contributed by atoms with Gasteiger partial charge in [-0.1, -0.05) is 13.0 Å². The molecule has 5 rings (SSSR count). The highest BCUT2D eigenvalue weighted by atomic mass is 16.7. The molecule has 0 radical (unpaired) electrons. The van der Waals surface area contributed by atoms with Crippen molar-refractivity contribution in [3.05, 3.63) is 51.7 Å². The number of rotatable bonds is 2. The van der Waals surface area contributed by atoms with E-state index in [2.05, 4.69) is 19.1 Å². The molecule has 0 spiro atoms. The average Bonchev–Trinajstić information content (AvgIpc) is 3.12. The van der Waals surface area contributed by atoms with E-state index in [0.717, 1.165) is 34.6 Å². The number of hydrogen-bond donors (Lipinski definition) is 0. The molecule has 6 nitrogen and oxygen atoms in total. The molecule has 6 heteroatoms. The number of hydroxylamine groups is 3. The molecule has 0 N–H and O–H groups in total. The molecular formula is C21H23NO5. The number of fused-ring (bicyclic) bond motifs is 5. The summed E-state index contributed by atoms with van der Waals surface area (Å²) in [6.45, 7) is 3.31. The van der Waals surface area contributed by atoms with Crippen molar-refractivity contribution in [2.24, 2.45) is 0 Å². The van der Waals surface area contributed by atoms with Gasteiger partial charge in [0.05, 0.1) is 26.3 Å². The molecule has 0 bridgehead atoms. The normalized spacial score (nSPS) is 27.4. The Bertz CT molecular complexity index is 927. The predicted molar refractivity (Wildman–Crippen MR) is 99.2 cm³/mol. The lowest BCUT2D eigenvalue weighted by molar-refractivity contribution is -0.930. The topological polar surface area (TPSA) is 60.0 Å². The zero-order valence-electron chi connectivity index (χ0n) is 15.8. The smallest absolute Gasteiger partial charge is 0.231 e. The SMILES string of the molecule is COc1ccc2c(c1OC)C[N+]1([O-])CCc3cc4c(cc3[C@@H]1[C@@H]2C)OCO4. The molecule has 0 amide bonds. The molecule has 0 aliphatic carbocycles. The number of ether oxygens (including phenoxy) is 4. The lowest BCUT2D eigenvalue weighted by Crippen LogP contribution is -2.53. The Hall–Kier alpha value is -2.44. The Labute approximate surface area is 158 Å². The van der Waals surface area contributed by atoms with E-state index in [0.29, 0.717) is 24.6 Å². The Kier molecular flexibility index (Phi) is 3.58.